The average molecular weight is 258 g/mol. The van der Waals surface area contributed by atoms with Crippen LogP contribution in [0.2, 0.25) is 0 Å². The molecule has 2 rings (SSSR count). The molecule has 0 aliphatic carbocycles. The summed E-state index contributed by atoms with van der Waals surface area (Å²) in [6, 6.07) is 11.6. The minimum Gasteiger partial charge on any atom is -0.409 e. The normalized spacial score (nSPS) is 11.3. The number of oxime groups is 1. The van der Waals surface area contributed by atoms with Crippen LogP contribution >= 0.6 is 0 Å². The second-order valence-corrected chi connectivity index (χ2v) is 3.90. The smallest absolute Gasteiger partial charge is 0.193 e. The molecular weight excluding hydrogens is 247 g/mol. The van der Waals surface area contributed by atoms with Crippen LogP contribution in [0.5, 0.6) is 0 Å². The molecule has 2 aromatic rings. The number of hydrogen-bond donors (Lipinski definition) is 2. The van der Waals surface area contributed by atoms with Crippen molar-refractivity contribution in [2.45, 2.75) is 0 Å². The molecule has 4 nitrogen and oxygen atoms in total. The molecular formula is C14H11FN2O2. The van der Waals surface area contributed by atoms with Crippen LogP contribution in [0.1, 0.15) is 21.5 Å². The Hall–Kier alpha value is -2.69. The highest BCUT2D eigenvalue weighted by Gasteiger charge is 2.09. The van der Waals surface area contributed by atoms with E-state index >= 15 is 0 Å². The Balaban J connectivity index is 2.27. The summed E-state index contributed by atoms with van der Waals surface area (Å²) >= 11 is 0. The molecule has 0 bridgehead atoms. The molecule has 0 saturated heterocycles. The van der Waals surface area contributed by atoms with E-state index in [9.17, 15) is 9.18 Å². The molecule has 3 N–H and O–H groups in total. The van der Waals surface area contributed by atoms with Crippen molar-refractivity contribution in [3.8, 4) is 0 Å². The number of nitrogens with two attached hydrogens (primary N) is 1. The summed E-state index contributed by atoms with van der Waals surface area (Å²) in [6.07, 6.45) is 0. The van der Waals surface area contributed by atoms with E-state index in [-0.39, 0.29) is 17.4 Å². The Labute approximate surface area is 109 Å². The van der Waals surface area contributed by atoms with Gasteiger partial charge in [0.1, 0.15) is 5.82 Å². The van der Waals surface area contributed by atoms with Crippen molar-refractivity contribution < 1.29 is 14.4 Å². The highest BCUT2D eigenvalue weighted by Crippen LogP contribution is 2.12. The molecule has 0 unspecified atom stereocenters. The first-order valence-corrected chi connectivity index (χ1v) is 5.50. The number of ketones is 1. The number of nitrogens with zero attached hydrogens (tertiary/aromatic N) is 1. The lowest BCUT2D eigenvalue weighted by Crippen LogP contribution is -2.13. The highest BCUT2D eigenvalue weighted by molar-refractivity contribution is 6.09. The zero-order chi connectivity index (χ0) is 13.8. The molecule has 0 aliphatic rings. The summed E-state index contributed by atoms with van der Waals surface area (Å²) in [7, 11) is 0. The van der Waals surface area contributed by atoms with Gasteiger partial charge in [0, 0.05) is 16.7 Å². The first-order valence-electron chi connectivity index (χ1n) is 5.50. The van der Waals surface area contributed by atoms with Crippen LogP contribution in [0.15, 0.2) is 53.7 Å². The molecule has 0 radical (unpaired) electrons. The summed E-state index contributed by atoms with van der Waals surface area (Å²) in [6.45, 7) is 0. The molecule has 0 aliphatic heterocycles. The van der Waals surface area contributed by atoms with E-state index in [0.29, 0.717) is 16.7 Å². The quantitative estimate of drug-likeness (QED) is 0.291. The van der Waals surface area contributed by atoms with E-state index in [2.05, 4.69) is 5.16 Å². The van der Waals surface area contributed by atoms with Gasteiger partial charge in [0.2, 0.25) is 0 Å². The van der Waals surface area contributed by atoms with Crippen LogP contribution in [0.3, 0.4) is 0 Å². The molecule has 2 aromatic carbocycles. The third-order valence-electron chi connectivity index (χ3n) is 2.66. The van der Waals surface area contributed by atoms with Crippen LogP contribution in [-0.2, 0) is 0 Å². The zero-order valence-corrected chi connectivity index (χ0v) is 9.88. The Morgan fingerprint density at radius 1 is 0.947 bits per heavy atom. The fourth-order valence-electron chi connectivity index (χ4n) is 1.62. The van der Waals surface area contributed by atoms with Crippen molar-refractivity contribution in [3.63, 3.8) is 0 Å². The van der Waals surface area contributed by atoms with Gasteiger partial charge in [0.05, 0.1) is 0 Å². The van der Waals surface area contributed by atoms with E-state index in [4.69, 9.17) is 10.9 Å². The average Bonchev–Trinajstić information content (AvgIpc) is 2.46. The summed E-state index contributed by atoms with van der Waals surface area (Å²) in [5, 5.41) is 11.4. The van der Waals surface area contributed by atoms with Crippen molar-refractivity contribution in [1.29, 1.82) is 0 Å². The van der Waals surface area contributed by atoms with Gasteiger partial charge in [-0.2, -0.15) is 0 Å². The maximum Gasteiger partial charge on any atom is 0.193 e. The van der Waals surface area contributed by atoms with E-state index in [1.54, 1.807) is 24.3 Å². The van der Waals surface area contributed by atoms with Gasteiger partial charge in [-0.05, 0) is 24.3 Å². The highest BCUT2D eigenvalue weighted by atomic mass is 19.1. The fourth-order valence-corrected chi connectivity index (χ4v) is 1.62. The van der Waals surface area contributed by atoms with Crippen molar-refractivity contribution in [1.82, 2.24) is 0 Å². The zero-order valence-electron chi connectivity index (χ0n) is 9.88. The van der Waals surface area contributed by atoms with Crippen LogP contribution in [0.4, 0.5) is 4.39 Å². The maximum atomic E-state index is 12.8. The van der Waals surface area contributed by atoms with Crippen molar-refractivity contribution in [3.05, 3.63) is 71.0 Å². The van der Waals surface area contributed by atoms with E-state index < -0.39 is 0 Å². The predicted molar refractivity (Wildman–Crippen MR) is 68.8 cm³/mol. The van der Waals surface area contributed by atoms with E-state index in [1.807, 2.05) is 0 Å². The van der Waals surface area contributed by atoms with Gasteiger partial charge in [-0.1, -0.05) is 29.4 Å². The van der Waals surface area contributed by atoms with Gasteiger partial charge < -0.3 is 10.9 Å². The molecule has 0 spiro atoms. The lowest BCUT2D eigenvalue weighted by atomic mass is 10.0. The fraction of sp³-hybridized carbons (Fsp3) is 0. The Morgan fingerprint density at radius 2 is 1.37 bits per heavy atom. The number of carbonyl (C=O) groups is 1. The SMILES string of the molecule is NC(=NO)c1ccc(C(=O)c2ccc(F)cc2)cc1. The lowest BCUT2D eigenvalue weighted by molar-refractivity contribution is 0.103. The number of hydrogen-bond acceptors (Lipinski definition) is 3. The number of carbonyl (C=O) groups excluding carboxylic acids is 1. The topological polar surface area (TPSA) is 75.7 Å². The molecule has 0 aromatic heterocycles. The summed E-state index contributed by atoms with van der Waals surface area (Å²) in [4.78, 5) is 12.1. The first-order chi connectivity index (χ1) is 9.11. The third kappa shape index (κ3) is 2.77. The van der Waals surface area contributed by atoms with Gasteiger partial charge in [-0.15, -0.1) is 0 Å². The molecule has 96 valence electrons. The minimum atomic E-state index is -0.390. The van der Waals surface area contributed by atoms with Crippen molar-refractivity contribution in [2.24, 2.45) is 10.9 Å². The van der Waals surface area contributed by atoms with Crippen molar-refractivity contribution in [2.75, 3.05) is 0 Å². The second kappa shape index (κ2) is 5.30. The summed E-state index contributed by atoms with van der Waals surface area (Å²) in [5.74, 6) is -0.634. The van der Waals surface area contributed by atoms with Crippen LogP contribution < -0.4 is 5.73 Å². The number of rotatable bonds is 3. The van der Waals surface area contributed by atoms with Gasteiger partial charge in [-0.3, -0.25) is 4.79 Å². The van der Waals surface area contributed by atoms with Gasteiger partial charge in [0.15, 0.2) is 11.6 Å². The Kier molecular flexibility index (Phi) is 3.56. The molecule has 0 heterocycles. The number of halogens is 1. The van der Waals surface area contributed by atoms with Crippen LogP contribution in [0.25, 0.3) is 0 Å². The second-order valence-electron chi connectivity index (χ2n) is 3.90. The Bertz CT molecular complexity index is 619. The monoisotopic (exact) mass is 258 g/mol. The van der Waals surface area contributed by atoms with E-state index in [0.717, 1.165) is 0 Å². The number of benzene rings is 2. The van der Waals surface area contributed by atoms with Gasteiger partial charge in [0.25, 0.3) is 0 Å². The molecule has 0 fully saturated rings. The lowest BCUT2D eigenvalue weighted by Gasteiger charge is -2.03. The third-order valence-corrected chi connectivity index (χ3v) is 2.66. The predicted octanol–water partition coefficient (Wildman–Crippen LogP) is 2.15. The maximum absolute atomic E-state index is 12.8. The molecule has 5 heteroatoms. The number of amidine groups is 1. The van der Waals surface area contributed by atoms with Crippen LogP contribution in [-0.4, -0.2) is 16.8 Å². The summed E-state index contributed by atoms with van der Waals surface area (Å²) in [5.41, 5.74) is 6.78. The minimum absolute atomic E-state index is 0.0271. The van der Waals surface area contributed by atoms with Crippen molar-refractivity contribution >= 4 is 11.6 Å². The van der Waals surface area contributed by atoms with Gasteiger partial charge >= 0.3 is 0 Å². The first kappa shape index (κ1) is 12.8. The molecule has 0 amide bonds. The summed E-state index contributed by atoms with van der Waals surface area (Å²) < 4.78 is 12.8. The largest absolute Gasteiger partial charge is 0.409 e. The standard InChI is InChI=1S/C14H11FN2O2/c15-12-7-5-10(6-8-12)13(18)9-1-3-11(4-2-9)14(16)17-19/h1-8,19H,(H2,16,17). The molecule has 19 heavy (non-hydrogen) atoms. The molecule has 0 atom stereocenters. The Morgan fingerprint density at radius 3 is 1.84 bits per heavy atom. The molecule has 0 saturated carbocycles. The van der Waals surface area contributed by atoms with Gasteiger partial charge in [-0.25, -0.2) is 4.39 Å². The van der Waals surface area contributed by atoms with Crippen LogP contribution in [0, 0.1) is 5.82 Å². The van der Waals surface area contributed by atoms with E-state index in [1.165, 1.54) is 24.3 Å².